The molecule has 1 aromatic heterocycles. The number of halogens is 1. The fraction of sp³-hybridized carbons (Fsp3) is 0.556. The number of hydrogen-bond acceptors (Lipinski definition) is 5. The van der Waals surface area contributed by atoms with Crippen molar-refractivity contribution in [3.8, 4) is 11.4 Å². The molecule has 0 spiro atoms. The van der Waals surface area contributed by atoms with E-state index in [4.69, 9.17) is 4.52 Å². The molecular formula is C18H27ClN4O. The van der Waals surface area contributed by atoms with E-state index in [0.717, 1.165) is 37.5 Å². The van der Waals surface area contributed by atoms with Crippen molar-refractivity contribution in [3.63, 3.8) is 0 Å². The summed E-state index contributed by atoms with van der Waals surface area (Å²) in [6.45, 7) is 3.16. The van der Waals surface area contributed by atoms with Crippen LogP contribution in [0.1, 0.15) is 30.7 Å². The molecule has 0 amide bonds. The molecule has 6 heteroatoms. The van der Waals surface area contributed by atoms with Gasteiger partial charge in [0.15, 0.2) is 0 Å². The van der Waals surface area contributed by atoms with Gasteiger partial charge in [0, 0.05) is 18.5 Å². The van der Waals surface area contributed by atoms with Crippen molar-refractivity contribution in [1.82, 2.24) is 20.4 Å². The minimum atomic E-state index is 0. The Labute approximate surface area is 150 Å². The Kier molecular flexibility index (Phi) is 7.21. The molecule has 2 aromatic rings. The number of rotatable bonds is 5. The molecule has 2 heterocycles. The minimum Gasteiger partial charge on any atom is -0.339 e. The third kappa shape index (κ3) is 5.30. The van der Waals surface area contributed by atoms with Gasteiger partial charge >= 0.3 is 0 Å². The molecule has 1 aromatic carbocycles. The van der Waals surface area contributed by atoms with E-state index in [9.17, 15) is 0 Å². The van der Waals surface area contributed by atoms with Crippen LogP contribution in [0.15, 0.2) is 28.8 Å². The average Bonchev–Trinajstić information content (AvgIpc) is 2.83. The molecule has 0 radical (unpaired) electrons. The highest BCUT2D eigenvalue weighted by Crippen LogP contribution is 2.21. The lowest BCUT2D eigenvalue weighted by Gasteiger charge is -2.09. The lowest BCUT2D eigenvalue weighted by molar-refractivity contribution is 0.341. The van der Waals surface area contributed by atoms with Crippen LogP contribution in [-0.4, -0.2) is 42.2 Å². The van der Waals surface area contributed by atoms with E-state index in [1.165, 1.54) is 24.8 Å². The van der Waals surface area contributed by atoms with Crippen molar-refractivity contribution in [2.45, 2.75) is 32.2 Å². The normalized spacial score (nSPS) is 18.2. The predicted octanol–water partition coefficient (Wildman–Crippen LogP) is 3.15. The predicted molar refractivity (Wildman–Crippen MR) is 98.3 cm³/mol. The molecule has 1 aliphatic heterocycles. The number of aromatic nitrogens is 2. The van der Waals surface area contributed by atoms with Crippen LogP contribution in [0.25, 0.3) is 11.4 Å². The van der Waals surface area contributed by atoms with Crippen LogP contribution in [-0.2, 0) is 13.0 Å². The van der Waals surface area contributed by atoms with E-state index < -0.39 is 0 Å². The third-order valence-electron chi connectivity index (χ3n) is 4.34. The largest absolute Gasteiger partial charge is 0.339 e. The number of nitrogens with one attached hydrogen (secondary N) is 1. The lowest BCUT2D eigenvalue weighted by Crippen LogP contribution is -2.14. The maximum absolute atomic E-state index is 5.47. The Balaban J connectivity index is 0.00000208. The zero-order valence-electron chi connectivity index (χ0n) is 14.5. The first-order valence-electron chi connectivity index (χ1n) is 8.48. The second kappa shape index (κ2) is 9.16. The fourth-order valence-electron chi connectivity index (χ4n) is 3.12. The van der Waals surface area contributed by atoms with Crippen LogP contribution in [0.3, 0.4) is 0 Å². The van der Waals surface area contributed by atoms with Gasteiger partial charge in [-0.25, -0.2) is 0 Å². The van der Waals surface area contributed by atoms with Crippen molar-refractivity contribution >= 4 is 12.4 Å². The monoisotopic (exact) mass is 350 g/mol. The van der Waals surface area contributed by atoms with Gasteiger partial charge < -0.3 is 14.7 Å². The number of benzene rings is 1. The van der Waals surface area contributed by atoms with E-state index in [1.54, 1.807) is 0 Å². The first-order chi connectivity index (χ1) is 11.2. The summed E-state index contributed by atoms with van der Waals surface area (Å²) < 4.78 is 5.47. The van der Waals surface area contributed by atoms with Crippen LogP contribution in [0.4, 0.5) is 0 Å². The summed E-state index contributed by atoms with van der Waals surface area (Å²) in [7, 11) is 4.14. The van der Waals surface area contributed by atoms with Crippen LogP contribution in [0.5, 0.6) is 0 Å². The molecule has 0 aliphatic carbocycles. The first kappa shape index (κ1) is 18.9. The molecular weight excluding hydrogens is 324 g/mol. The van der Waals surface area contributed by atoms with E-state index in [2.05, 4.69) is 58.7 Å². The standard InChI is InChI=1S/C18H26N4O.ClH/c1-22(2)13-15-5-7-16(8-6-15)18-20-17(23-21-18)12-14-4-3-10-19-11-9-14;/h5-8,14,19H,3-4,9-13H2,1-2H3;1H. The fourth-order valence-corrected chi connectivity index (χ4v) is 3.12. The molecule has 132 valence electrons. The molecule has 1 aliphatic rings. The number of hydrogen-bond donors (Lipinski definition) is 1. The van der Waals surface area contributed by atoms with E-state index in [1.807, 2.05) is 0 Å². The summed E-state index contributed by atoms with van der Waals surface area (Å²) in [5, 5.41) is 7.60. The Bertz CT molecular complexity index is 604. The second-order valence-corrected chi connectivity index (χ2v) is 6.70. The Hall–Kier alpha value is -1.43. The van der Waals surface area contributed by atoms with Crippen molar-refractivity contribution in [2.24, 2.45) is 5.92 Å². The summed E-state index contributed by atoms with van der Waals surface area (Å²) in [6, 6.07) is 8.40. The van der Waals surface area contributed by atoms with Crippen LogP contribution >= 0.6 is 12.4 Å². The lowest BCUT2D eigenvalue weighted by atomic mass is 9.97. The molecule has 3 rings (SSSR count). The van der Waals surface area contributed by atoms with Gasteiger partial charge in [0.2, 0.25) is 11.7 Å². The summed E-state index contributed by atoms with van der Waals surface area (Å²) in [6.07, 6.45) is 4.56. The number of nitrogens with zero attached hydrogens (tertiary/aromatic N) is 3. The smallest absolute Gasteiger partial charge is 0.227 e. The van der Waals surface area contributed by atoms with Crippen molar-refractivity contribution in [2.75, 3.05) is 27.2 Å². The van der Waals surface area contributed by atoms with Gasteiger partial charge in [-0.3, -0.25) is 0 Å². The highest BCUT2D eigenvalue weighted by atomic mass is 35.5. The topological polar surface area (TPSA) is 54.2 Å². The first-order valence-corrected chi connectivity index (χ1v) is 8.48. The summed E-state index contributed by atoms with van der Waals surface area (Å²) in [4.78, 5) is 6.74. The van der Waals surface area contributed by atoms with Gasteiger partial charge in [0.25, 0.3) is 0 Å². The highest BCUT2D eigenvalue weighted by Gasteiger charge is 2.17. The molecule has 24 heavy (non-hydrogen) atoms. The van der Waals surface area contributed by atoms with Gasteiger partial charge in [0.05, 0.1) is 0 Å². The zero-order chi connectivity index (χ0) is 16.1. The summed E-state index contributed by atoms with van der Waals surface area (Å²) >= 11 is 0. The molecule has 5 nitrogen and oxygen atoms in total. The van der Waals surface area contributed by atoms with Crippen molar-refractivity contribution in [3.05, 3.63) is 35.7 Å². The molecule has 1 atom stereocenters. The molecule has 1 fully saturated rings. The van der Waals surface area contributed by atoms with Gasteiger partial charge in [0.1, 0.15) is 0 Å². The van der Waals surface area contributed by atoms with E-state index in [0.29, 0.717) is 11.7 Å². The van der Waals surface area contributed by atoms with Gasteiger partial charge in [-0.15, -0.1) is 12.4 Å². The quantitative estimate of drug-likeness (QED) is 0.897. The third-order valence-corrected chi connectivity index (χ3v) is 4.34. The Morgan fingerprint density at radius 2 is 1.96 bits per heavy atom. The zero-order valence-corrected chi connectivity index (χ0v) is 15.3. The SMILES string of the molecule is CN(C)Cc1ccc(-c2noc(CC3CCCNCC3)n2)cc1.Cl. The summed E-state index contributed by atoms with van der Waals surface area (Å²) in [5.74, 6) is 2.12. The Morgan fingerprint density at radius 3 is 2.71 bits per heavy atom. The molecule has 0 bridgehead atoms. The Morgan fingerprint density at radius 1 is 1.17 bits per heavy atom. The molecule has 0 saturated carbocycles. The second-order valence-electron chi connectivity index (χ2n) is 6.70. The van der Waals surface area contributed by atoms with Gasteiger partial charge in [-0.1, -0.05) is 29.4 Å². The average molecular weight is 351 g/mol. The van der Waals surface area contributed by atoms with Crippen LogP contribution < -0.4 is 5.32 Å². The minimum absolute atomic E-state index is 0. The maximum Gasteiger partial charge on any atom is 0.227 e. The van der Waals surface area contributed by atoms with Crippen LogP contribution in [0, 0.1) is 5.92 Å². The van der Waals surface area contributed by atoms with Crippen LogP contribution in [0.2, 0.25) is 0 Å². The molecule has 1 unspecified atom stereocenters. The van der Waals surface area contributed by atoms with Crippen molar-refractivity contribution < 1.29 is 4.52 Å². The van der Waals surface area contributed by atoms with Crippen molar-refractivity contribution in [1.29, 1.82) is 0 Å². The molecule has 1 saturated heterocycles. The van der Waals surface area contributed by atoms with Gasteiger partial charge in [-0.2, -0.15) is 4.98 Å². The summed E-state index contributed by atoms with van der Waals surface area (Å²) in [5.41, 5.74) is 2.30. The van der Waals surface area contributed by atoms with Gasteiger partial charge in [-0.05, 0) is 57.9 Å². The van der Waals surface area contributed by atoms with E-state index in [-0.39, 0.29) is 12.4 Å². The molecule has 1 N–H and O–H groups in total. The maximum atomic E-state index is 5.47. The highest BCUT2D eigenvalue weighted by molar-refractivity contribution is 5.85. The van der Waals surface area contributed by atoms with E-state index >= 15 is 0 Å².